The molecule has 2 fully saturated rings. The van der Waals surface area contributed by atoms with E-state index >= 15 is 0 Å². The number of amides is 2. The SMILES string of the molecule is COc1ccc(CN[C@H]2C[C@H]3C(=O)N[C@H](C(C)C)C(=O)N3C2)cc1. The average Bonchev–Trinajstić information content (AvgIpc) is 3.01. The fraction of sp³-hybridized carbons (Fsp3) is 0.556. The second-order valence-corrected chi connectivity index (χ2v) is 6.90. The van der Waals surface area contributed by atoms with Crippen LogP contribution in [0.5, 0.6) is 5.75 Å². The molecule has 0 bridgehead atoms. The number of fused-ring (bicyclic) bond motifs is 1. The second-order valence-electron chi connectivity index (χ2n) is 6.90. The molecule has 0 spiro atoms. The number of ether oxygens (including phenoxy) is 1. The summed E-state index contributed by atoms with van der Waals surface area (Å²) in [6.45, 7) is 5.21. The minimum atomic E-state index is -0.394. The van der Waals surface area contributed by atoms with Gasteiger partial charge in [-0.15, -0.1) is 0 Å². The lowest BCUT2D eigenvalue weighted by Crippen LogP contribution is -2.62. The summed E-state index contributed by atoms with van der Waals surface area (Å²) in [6.07, 6.45) is 0.665. The van der Waals surface area contributed by atoms with Gasteiger partial charge in [-0.1, -0.05) is 26.0 Å². The molecule has 1 aromatic rings. The summed E-state index contributed by atoms with van der Waals surface area (Å²) in [5.41, 5.74) is 1.15. The first-order chi connectivity index (χ1) is 11.5. The predicted octanol–water partition coefficient (Wildman–Crippen LogP) is 0.909. The van der Waals surface area contributed by atoms with Gasteiger partial charge < -0.3 is 20.3 Å². The van der Waals surface area contributed by atoms with Crippen molar-refractivity contribution in [1.29, 1.82) is 0 Å². The fourth-order valence-corrected chi connectivity index (χ4v) is 3.42. The highest BCUT2D eigenvalue weighted by atomic mass is 16.5. The van der Waals surface area contributed by atoms with Crippen LogP contribution in [0.25, 0.3) is 0 Å². The number of nitrogens with zero attached hydrogens (tertiary/aromatic N) is 1. The Kier molecular flexibility index (Phi) is 4.76. The van der Waals surface area contributed by atoms with Gasteiger partial charge in [0.2, 0.25) is 11.8 Å². The average molecular weight is 331 g/mol. The number of piperazine rings is 1. The van der Waals surface area contributed by atoms with Crippen molar-refractivity contribution < 1.29 is 14.3 Å². The normalized spacial score (nSPS) is 26.5. The molecule has 2 heterocycles. The van der Waals surface area contributed by atoms with E-state index in [0.29, 0.717) is 19.5 Å². The molecule has 2 aliphatic rings. The molecule has 0 saturated carbocycles. The number of hydrogen-bond acceptors (Lipinski definition) is 4. The summed E-state index contributed by atoms with van der Waals surface area (Å²) in [7, 11) is 1.65. The maximum atomic E-state index is 12.6. The molecule has 2 saturated heterocycles. The van der Waals surface area contributed by atoms with Crippen LogP contribution < -0.4 is 15.4 Å². The summed E-state index contributed by atoms with van der Waals surface area (Å²) >= 11 is 0. The Morgan fingerprint density at radius 3 is 2.62 bits per heavy atom. The van der Waals surface area contributed by atoms with Crippen LogP contribution in [-0.2, 0) is 16.1 Å². The molecule has 6 nitrogen and oxygen atoms in total. The van der Waals surface area contributed by atoms with E-state index in [1.807, 2.05) is 38.1 Å². The Hall–Kier alpha value is -2.08. The van der Waals surface area contributed by atoms with Crippen molar-refractivity contribution in [2.24, 2.45) is 5.92 Å². The van der Waals surface area contributed by atoms with Gasteiger partial charge in [0.1, 0.15) is 17.8 Å². The summed E-state index contributed by atoms with van der Waals surface area (Å²) < 4.78 is 5.16. The number of benzene rings is 1. The van der Waals surface area contributed by atoms with Crippen LogP contribution in [0.2, 0.25) is 0 Å². The third-order valence-corrected chi connectivity index (χ3v) is 4.87. The first kappa shape index (κ1) is 16.8. The van der Waals surface area contributed by atoms with E-state index in [9.17, 15) is 9.59 Å². The Balaban J connectivity index is 1.60. The molecule has 0 aliphatic carbocycles. The molecule has 0 radical (unpaired) electrons. The van der Waals surface area contributed by atoms with Crippen LogP contribution in [0.3, 0.4) is 0 Å². The zero-order valence-corrected chi connectivity index (χ0v) is 14.4. The first-order valence-corrected chi connectivity index (χ1v) is 8.46. The zero-order chi connectivity index (χ0) is 17.3. The summed E-state index contributed by atoms with van der Waals surface area (Å²) in [5.74, 6) is 0.956. The van der Waals surface area contributed by atoms with Crippen molar-refractivity contribution in [3.63, 3.8) is 0 Å². The van der Waals surface area contributed by atoms with Crippen LogP contribution in [0, 0.1) is 5.92 Å². The highest BCUT2D eigenvalue weighted by molar-refractivity contribution is 5.97. The number of carbonyl (C=O) groups is 2. The maximum absolute atomic E-state index is 12.6. The molecule has 0 aromatic heterocycles. The molecule has 2 amide bonds. The number of rotatable bonds is 5. The van der Waals surface area contributed by atoms with E-state index in [-0.39, 0.29) is 29.8 Å². The molecular weight excluding hydrogens is 306 g/mol. The molecule has 130 valence electrons. The topological polar surface area (TPSA) is 70.7 Å². The Morgan fingerprint density at radius 2 is 2.00 bits per heavy atom. The van der Waals surface area contributed by atoms with Gasteiger partial charge in [-0.25, -0.2) is 0 Å². The lowest BCUT2D eigenvalue weighted by Gasteiger charge is -2.36. The summed E-state index contributed by atoms with van der Waals surface area (Å²) in [5, 5.41) is 6.33. The van der Waals surface area contributed by atoms with E-state index in [0.717, 1.165) is 11.3 Å². The van der Waals surface area contributed by atoms with Gasteiger partial charge in [0.05, 0.1) is 7.11 Å². The molecule has 24 heavy (non-hydrogen) atoms. The number of methoxy groups -OCH3 is 1. The van der Waals surface area contributed by atoms with Crippen LogP contribution in [0.1, 0.15) is 25.8 Å². The molecule has 0 unspecified atom stereocenters. The lowest BCUT2D eigenvalue weighted by molar-refractivity contribution is -0.148. The molecule has 6 heteroatoms. The Bertz CT molecular complexity index is 614. The highest BCUT2D eigenvalue weighted by Gasteiger charge is 2.46. The maximum Gasteiger partial charge on any atom is 0.246 e. The van der Waals surface area contributed by atoms with Crippen LogP contribution in [0.15, 0.2) is 24.3 Å². The van der Waals surface area contributed by atoms with Gasteiger partial charge in [0.25, 0.3) is 0 Å². The highest BCUT2D eigenvalue weighted by Crippen LogP contribution is 2.25. The minimum absolute atomic E-state index is 0.0259. The van der Waals surface area contributed by atoms with Crippen LogP contribution in [-0.4, -0.2) is 48.5 Å². The van der Waals surface area contributed by atoms with E-state index in [2.05, 4.69) is 10.6 Å². The third-order valence-electron chi connectivity index (χ3n) is 4.87. The summed E-state index contributed by atoms with van der Waals surface area (Å²) in [6, 6.07) is 7.30. The lowest BCUT2D eigenvalue weighted by atomic mass is 9.98. The van der Waals surface area contributed by atoms with E-state index in [1.54, 1.807) is 12.0 Å². The van der Waals surface area contributed by atoms with Crippen molar-refractivity contribution in [3.8, 4) is 5.75 Å². The third kappa shape index (κ3) is 3.24. The molecule has 3 atom stereocenters. The monoisotopic (exact) mass is 331 g/mol. The number of hydrogen-bond donors (Lipinski definition) is 2. The minimum Gasteiger partial charge on any atom is -0.497 e. The predicted molar refractivity (Wildman–Crippen MR) is 90.5 cm³/mol. The molecule has 3 rings (SSSR count). The van der Waals surface area contributed by atoms with Crippen molar-refractivity contribution in [3.05, 3.63) is 29.8 Å². The van der Waals surface area contributed by atoms with Crippen LogP contribution in [0.4, 0.5) is 0 Å². The van der Waals surface area contributed by atoms with E-state index in [1.165, 1.54) is 0 Å². The Morgan fingerprint density at radius 1 is 1.29 bits per heavy atom. The van der Waals surface area contributed by atoms with E-state index < -0.39 is 6.04 Å². The fourth-order valence-electron chi connectivity index (χ4n) is 3.42. The first-order valence-electron chi connectivity index (χ1n) is 8.46. The van der Waals surface area contributed by atoms with Gasteiger partial charge in [-0.3, -0.25) is 9.59 Å². The van der Waals surface area contributed by atoms with Gasteiger partial charge in [0.15, 0.2) is 0 Å². The van der Waals surface area contributed by atoms with Crippen molar-refractivity contribution in [2.75, 3.05) is 13.7 Å². The van der Waals surface area contributed by atoms with Gasteiger partial charge in [0, 0.05) is 19.1 Å². The Labute approximate surface area is 142 Å². The largest absolute Gasteiger partial charge is 0.497 e. The van der Waals surface area contributed by atoms with E-state index in [4.69, 9.17) is 4.74 Å². The molecule has 2 aliphatic heterocycles. The number of carbonyl (C=O) groups excluding carboxylic acids is 2. The van der Waals surface area contributed by atoms with Gasteiger partial charge >= 0.3 is 0 Å². The second kappa shape index (κ2) is 6.81. The van der Waals surface area contributed by atoms with Crippen molar-refractivity contribution >= 4 is 11.8 Å². The van der Waals surface area contributed by atoms with Gasteiger partial charge in [-0.05, 0) is 30.0 Å². The standard InChI is InChI=1S/C18H25N3O3/c1-11(2)16-18(23)21-10-13(8-15(21)17(22)20-16)19-9-12-4-6-14(24-3)7-5-12/h4-7,11,13,15-16,19H,8-10H2,1-3H3,(H,20,22)/t13-,15-,16+/m0/s1. The van der Waals surface area contributed by atoms with Crippen molar-refractivity contribution in [2.45, 2.75) is 44.9 Å². The molecule has 2 N–H and O–H groups in total. The molecule has 1 aromatic carbocycles. The van der Waals surface area contributed by atoms with Crippen LogP contribution >= 0.6 is 0 Å². The zero-order valence-electron chi connectivity index (χ0n) is 14.4. The smallest absolute Gasteiger partial charge is 0.246 e. The quantitative estimate of drug-likeness (QED) is 0.841. The molecular formula is C18H25N3O3. The number of nitrogens with one attached hydrogen (secondary N) is 2. The van der Waals surface area contributed by atoms with Crippen molar-refractivity contribution in [1.82, 2.24) is 15.5 Å². The van der Waals surface area contributed by atoms with Gasteiger partial charge in [-0.2, -0.15) is 0 Å². The summed E-state index contributed by atoms with van der Waals surface area (Å²) in [4.78, 5) is 26.6.